The van der Waals surface area contributed by atoms with E-state index in [4.69, 9.17) is 16.1 Å². The van der Waals surface area contributed by atoms with Crippen LogP contribution in [0, 0.1) is 5.82 Å². The van der Waals surface area contributed by atoms with Crippen molar-refractivity contribution >= 4 is 11.6 Å². The number of halogens is 2. The Bertz CT molecular complexity index is 681. The van der Waals surface area contributed by atoms with Gasteiger partial charge in [0.1, 0.15) is 12.1 Å². The Kier molecular flexibility index (Phi) is 2.52. The van der Waals surface area contributed by atoms with Crippen LogP contribution in [0.25, 0.3) is 23.1 Å². The van der Waals surface area contributed by atoms with Gasteiger partial charge in [-0.15, -0.1) is 0 Å². The molecular formula is C10H5ClFN5O. The molecule has 0 aliphatic rings. The number of nitrogens with one attached hydrogen (secondary N) is 1. The third-order valence-corrected chi connectivity index (χ3v) is 2.51. The molecule has 0 spiro atoms. The summed E-state index contributed by atoms with van der Waals surface area (Å²) in [6.07, 6.45) is 1.33. The Morgan fingerprint density at radius 3 is 2.94 bits per heavy atom. The summed E-state index contributed by atoms with van der Waals surface area (Å²) in [6.45, 7) is 0. The van der Waals surface area contributed by atoms with E-state index in [2.05, 4.69) is 25.3 Å². The largest absolute Gasteiger partial charge is 0.333 e. The Hall–Kier alpha value is -2.28. The summed E-state index contributed by atoms with van der Waals surface area (Å²) in [5, 5.41) is 10.0. The summed E-state index contributed by atoms with van der Waals surface area (Å²) in [7, 11) is 0. The molecule has 0 unspecified atom stereocenters. The second-order valence-electron chi connectivity index (χ2n) is 3.39. The molecule has 0 amide bonds. The van der Waals surface area contributed by atoms with E-state index in [1.807, 2.05) is 0 Å². The molecule has 1 N–H and O–H groups in total. The Morgan fingerprint density at radius 1 is 1.33 bits per heavy atom. The monoisotopic (exact) mass is 265 g/mol. The molecule has 0 aliphatic heterocycles. The van der Waals surface area contributed by atoms with Crippen LogP contribution in [0.15, 0.2) is 29.0 Å². The topological polar surface area (TPSA) is 80.5 Å². The predicted octanol–water partition coefficient (Wildman–Crippen LogP) is 2.31. The second kappa shape index (κ2) is 4.19. The van der Waals surface area contributed by atoms with Crippen LogP contribution >= 0.6 is 11.6 Å². The molecule has 0 aliphatic carbocycles. The van der Waals surface area contributed by atoms with Crippen molar-refractivity contribution in [3.8, 4) is 23.1 Å². The molecule has 0 radical (unpaired) electrons. The molecule has 90 valence electrons. The highest BCUT2D eigenvalue weighted by Gasteiger charge is 2.13. The van der Waals surface area contributed by atoms with Crippen LogP contribution in [-0.4, -0.2) is 25.3 Å². The maximum absolute atomic E-state index is 13.0. The molecule has 1 aromatic carbocycles. The number of benzene rings is 1. The van der Waals surface area contributed by atoms with Gasteiger partial charge in [0.15, 0.2) is 5.82 Å². The van der Waals surface area contributed by atoms with Gasteiger partial charge in [-0.2, -0.15) is 10.1 Å². The minimum atomic E-state index is -0.504. The van der Waals surface area contributed by atoms with Gasteiger partial charge >= 0.3 is 0 Å². The lowest BCUT2D eigenvalue weighted by atomic mass is 10.2. The Morgan fingerprint density at radius 2 is 2.22 bits per heavy atom. The van der Waals surface area contributed by atoms with Gasteiger partial charge in [-0.1, -0.05) is 16.8 Å². The molecule has 6 nitrogen and oxygen atoms in total. The molecule has 8 heteroatoms. The third-order valence-electron chi connectivity index (χ3n) is 2.22. The van der Waals surface area contributed by atoms with Crippen LogP contribution < -0.4 is 0 Å². The van der Waals surface area contributed by atoms with Crippen LogP contribution in [0.5, 0.6) is 0 Å². The van der Waals surface area contributed by atoms with Crippen molar-refractivity contribution in [3.05, 3.63) is 35.4 Å². The van der Waals surface area contributed by atoms with Crippen molar-refractivity contribution in [2.75, 3.05) is 0 Å². The lowest BCUT2D eigenvalue weighted by Crippen LogP contribution is -1.84. The van der Waals surface area contributed by atoms with Gasteiger partial charge < -0.3 is 4.52 Å². The minimum absolute atomic E-state index is 0.00749. The molecule has 0 saturated heterocycles. The molecule has 0 atom stereocenters. The molecule has 3 aromatic rings. The number of aromatic nitrogens is 5. The van der Waals surface area contributed by atoms with E-state index in [0.717, 1.165) is 0 Å². The van der Waals surface area contributed by atoms with E-state index in [1.54, 1.807) is 0 Å². The number of hydrogen-bond acceptors (Lipinski definition) is 5. The van der Waals surface area contributed by atoms with E-state index in [-0.39, 0.29) is 16.7 Å². The summed E-state index contributed by atoms with van der Waals surface area (Å²) >= 11 is 5.68. The first-order valence-corrected chi connectivity index (χ1v) is 5.27. The van der Waals surface area contributed by atoms with Crippen LogP contribution in [0.3, 0.4) is 0 Å². The zero-order valence-electron chi connectivity index (χ0n) is 8.76. The molecule has 0 fully saturated rings. The van der Waals surface area contributed by atoms with Crippen LogP contribution in [0.4, 0.5) is 4.39 Å². The summed E-state index contributed by atoms with van der Waals surface area (Å²) in [6, 6.07) is 4.14. The number of rotatable bonds is 2. The fourth-order valence-corrected chi connectivity index (χ4v) is 1.56. The van der Waals surface area contributed by atoms with Gasteiger partial charge in [0.2, 0.25) is 5.82 Å². The first-order chi connectivity index (χ1) is 8.74. The fourth-order valence-electron chi connectivity index (χ4n) is 1.38. The maximum atomic E-state index is 13.0. The van der Waals surface area contributed by atoms with Gasteiger partial charge in [0.05, 0.1) is 5.02 Å². The molecule has 2 aromatic heterocycles. The average molecular weight is 266 g/mol. The zero-order valence-corrected chi connectivity index (χ0v) is 9.52. The van der Waals surface area contributed by atoms with Gasteiger partial charge in [-0.05, 0) is 18.2 Å². The van der Waals surface area contributed by atoms with E-state index >= 15 is 0 Å². The SMILES string of the molecule is Fc1ccc(-c2nc(-c3ncn[nH]3)no2)cc1Cl. The molecule has 3 rings (SSSR count). The van der Waals surface area contributed by atoms with Gasteiger partial charge in [0, 0.05) is 5.56 Å². The first kappa shape index (κ1) is 10.8. The van der Waals surface area contributed by atoms with Crippen LogP contribution in [0.2, 0.25) is 5.02 Å². The first-order valence-electron chi connectivity index (χ1n) is 4.89. The summed E-state index contributed by atoms with van der Waals surface area (Å²) < 4.78 is 18.1. The van der Waals surface area contributed by atoms with E-state index in [0.29, 0.717) is 11.4 Å². The number of aromatic amines is 1. The van der Waals surface area contributed by atoms with Crippen molar-refractivity contribution in [2.45, 2.75) is 0 Å². The third kappa shape index (κ3) is 1.84. The number of nitrogens with zero attached hydrogens (tertiary/aromatic N) is 4. The summed E-state index contributed by atoms with van der Waals surface area (Å²) in [5.41, 5.74) is 0.527. The van der Waals surface area contributed by atoms with E-state index in [9.17, 15) is 4.39 Å². The minimum Gasteiger partial charge on any atom is -0.333 e. The van der Waals surface area contributed by atoms with Gasteiger partial charge in [0.25, 0.3) is 5.89 Å². The molecule has 0 bridgehead atoms. The van der Waals surface area contributed by atoms with Crippen LogP contribution in [-0.2, 0) is 0 Å². The number of hydrogen-bond donors (Lipinski definition) is 1. The lowest BCUT2D eigenvalue weighted by molar-refractivity contribution is 0.432. The van der Waals surface area contributed by atoms with Crippen molar-refractivity contribution in [1.29, 1.82) is 0 Å². The van der Waals surface area contributed by atoms with Crippen molar-refractivity contribution in [3.63, 3.8) is 0 Å². The average Bonchev–Trinajstić information content (AvgIpc) is 3.01. The van der Waals surface area contributed by atoms with Crippen molar-refractivity contribution < 1.29 is 8.91 Å². The highest BCUT2D eigenvalue weighted by molar-refractivity contribution is 6.31. The fraction of sp³-hybridized carbons (Fsp3) is 0. The van der Waals surface area contributed by atoms with E-state index < -0.39 is 5.82 Å². The van der Waals surface area contributed by atoms with Crippen molar-refractivity contribution in [2.24, 2.45) is 0 Å². The number of H-pyrrole nitrogens is 1. The van der Waals surface area contributed by atoms with Gasteiger partial charge in [-0.3, -0.25) is 5.10 Å². The molecule has 18 heavy (non-hydrogen) atoms. The summed E-state index contributed by atoms with van der Waals surface area (Å²) in [4.78, 5) is 7.99. The van der Waals surface area contributed by atoms with Crippen LogP contribution in [0.1, 0.15) is 0 Å². The maximum Gasteiger partial charge on any atom is 0.258 e. The standard InChI is InChI=1S/C10H5ClFN5O/c11-6-3-5(1-2-7(6)12)10-15-9(17-18-10)8-13-4-14-16-8/h1-4H,(H,13,14,16). The molecule has 2 heterocycles. The smallest absolute Gasteiger partial charge is 0.258 e. The Balaban J connectivity index is 2.00. The predicted molar refractivity (Wildman–Crippen MR) is 60.1 cm³/mol. The quantitative estimate of drug-likeness (QED) is 0.769. The normalized spacial score (nSPS) is 10.8. The zero-order chi connectivity index (χ0) is 12.5. The van der Waals surface area contributed by atoms with E-state index in [1.165, 1.54) is 24.5 Å². The second-order valence-corrected chi connectivity index (χ2v) is 3.79. The highest BCUT2D eigenvalue weighted by Crippen LogP contribution is 2.24. The molecular weight excluding hydrogens is 261 g/mol. The summed E-state index contributed by atoms with van der Waals surface area (Å²) in [5.74, 6) is 0.375. The lowest BCUT2D eigenvalue weighted by Gasteiger charge is -1.96. The Labute approximate surface area is 105 Å². The molecule has 0 saturated carbocycles. The van der Waals surface area contributed by atoms with Gasteiger partial charge in [-0.25, -0.2) is 9.37 Å². The highest BCUT2D eigenvalue weighted by atomic mass is 35.5. The van der Waals surface area contributed by atoms with Crippen molar-refractivity contribution in [1.82, 2.24) is 25.3 Å².